The summed E-state index contributed by atoms with van der Waals surface area (Å²) in [6.07, 6.45) is 5.21. The van der Waals surface area contributed by atoms with E-state index in [-0.39, 0.29) is 5.91 Å². The summed E-state index contributed by atoms with van der Waals surface area (Å²) in [6.45, 7) is 2.52. The van der Waals surface area contributed by atoms with Crippen LogP contribution in [0.3, 0.4) is 0 Å². The van der Waals surface area contributed by atoms with Crippen molar-refractivity contribution in [2.24, 2.45) is 5.92 Å². The maximum atomic E-state index is 12.0. The quantitative estimate of drug-likeness (QED) is 0.840. The third-order valence-electron chi connectivity index (χ3n) is 4.07. The van der Waals surface area contributed by atoms with E-state index in [1.807, 2.05) is 24.3 Å². The third-order valence-corrected chi connectivity index (χ3v) is 4.07. The van der Waals surface area contributed by atoms with Gasteiger partial charge < -0.3 is 15.4 Å². The molecule has 2 N–H and O–H groups in total. The highest BCUT2D eigenvalue weighted by Crippen LogP contribution is 2.27. The van der Waals surface area contributed by atoms with Crippen molar-refractivity contribution < 1.29 is 9.53 Å². The number of anilines is 1. The molecule has 1 aromatic carbocycles. The summed E-state index contributed by atoms with van der Waals surface area (Å²) in [5.74, 6) is 1.37. The Morgan fingerprint density at radius 3 is 2.75 bits per heavy atom. The molecule has 1 aliphatic carbocycles. The summed E-state index contributed by atoms with van der Waals surface area (Å²) in [6, 6.07) is 7.85. The number of nitrogens with one attached hydrogen (secondary N) is 2. The summed E-state index contributed by atoms with van der Waals surface area (Å²) in [5.41, 5.74) is 0.718. The summed E-state index contributed by atoms with van der Waals surface area (Å²) in [4.78, 5) is 12.0. The first-order chi connectivity index (χ1) is 9.70. The zero-order valence-corrected chi connectivity index (χ0v) is 12.3. The van der Waals surface area contributed by atoms with Crippen LogP contribution < -0.4 is 15.4 Å². The molecule has 0 heterocycles. The smallest absolute Gasteiger partial charge is 0.238 e. The van der Waals surface area contributed by atoms with Gasteiger partial charge in [-0.05, 0) is 37.8 Å². The van der Waals surface area contributed by atoms with E-state index in [0.717, 1.165) is 5.69 Å². The number of methoxy groups -OCH3 is 1. The number of ether oxygens (including phenoxy) is 1. The van der Waals surface area contributed by atoms with Gasteiger partial charge in [0.05, 0.1) is 19.3 Å². The average Bonchev–Trinajstić information content (AvgIpc) is 2.99. The molecule has 0 radical (unpaired) electrons. The summed E-state index contributed by atoms with van der Waals surface area (Å²) in [5, 5.41) is 6.21. The molecule has 1 fully saturated rings. The topological polar surface area (TPSA) is 50.4 Å². The van der Waals surface area contributed by atoms with Gasteiger partial charge in [0.2, 0.25) is 5.91 Å². The highest BCUT2D eigenvalue weighted by atomic mass is 16.5. The van der Waals surface area contributed by atoms with Crippen molar-refractivity contribution in [1.82, 2.24) is 5.32 Å². The van der Waals surface area contributed by atoms with Crippen LogP contribution in [0.1, 0.15) is 32.6 Å². The van der Waals surface area contributed by atoms with Crippen LogP contribution in [-0.4, -0.2) is 25.6 Å². The average molecular weight is 276 g/mol. The number of rotatable bonds is 6. The van der Waals surface area contributed by atoms with Gasteiger partial charge in [-0.1, -0.05) is 25.0 Å². The van der Waals surface area contributed by atoms with Gasteiger partial charge in [-0.25, -0.2) is 0 Å². The van der Waals surface area contributed by atoms with E-state index < -0.39 is 0 Å². The predicted molar refractivity (Wildman–Crippen MR) is 81.0 cm³/mol. The predicted octanol–water partition coefficient (Wildman–Crippen LogP) is 2.80. The second kappa shape index (κ2) is 7.29. The highest BCUT2D eigenvalue weighted by Gasteiger charge is 2.21. The Bertz CT molecular complexity index is 442. The molecule has 0 saturated heterocycles. The molecule has 110 valence electrons. The summed E-state index contributed by atoms with van der Waals surface area (Å²) in [7, 11) is 1.60. The lowest BCUT2D eigenvalue weighted by Crippen LogP contribution is -2.38. The fourth-order valence-electron chi connectivity index (χ4n) is 2.82. The van der Waals surface area contributed by atoms with E-state index in [1.165, 1.54) is 25.7 Å². The Balaban J connectivity index is 1.80. The Kier molecular flexibility index (Phi) is 5.41. The first kappa shape index (κ1) is 14.9. The minimum absolute atomic E-state index is 0.0284. The Morgan fingerprint density at radius 1 is 1.35 bits per heavy atom. The number of hydrogen-bond acceptors (Lipinski definition) is 3. The number of benzene rings is 1. The Hall–Kier alpha value is -1.55. The number of amides is 1. The molecule has 1 saturated carbocycles. The molecule has 1 atom stereocenters. The minimum atomic E-state index is -0.0284. The molecule has 20 heavy (non-hydrogen) atoms. The first-order valence-corrected chi connectivity index (χ1v) is 7.37. The standard InChI is InChI=1S/C16H24N2O2/c1-12(13-7-3-4-8-13)17-11-16(19)18-14-9-5-6-10-15(14)20-2/h5-6,9-10,12-13,17H,3-4,7-8,11H2,1-2H3,(H,18,19). The zero-order chi connectivity index (χ0) is 14.4. The van der Waals surface area contributed by atoms with E-state index in [9.17, 15) is 4.79 Å². The summed E-state index contributed by atoms with van der Waals surface area (Å²) < 4.78 is 5.22. The van der Waals surface area contributed by atoms with Gasteiger partial charge in [-0.15, -0.1) is 0 Å². The molecule has 4 nitrogen and oxygen atoms in total. The molecule has 4 heteroatoms. The third kappa shape index (κ3) is 3.97. The molecule has 0 aromatic heterocycles. The van der Waals surface area contributed by atoms with Crippen molar-refractivity contribution in [3.63, 3.8) is 0 Å². The number of hydrogen-bond donors (Lipinski definition) is 2. The van der Waals surface area contributed by atoms with Crippen LogP contribution in [0.2, 0.25) is 0 Å². The van der Waals surface area contributed by atoms with Gasteiger partial charge in [0, 0.05) is 6.04 Å². The van der Waals surface area contributed by atoms with Crippen LogP contribution in [0.5, 0.6) is 5.75 Å². The Morgan fingerprint density at radius 2 is 2.05 bits per heavy atom. The molecule has 1 aromatic rings. The SMILES string of the molecule is COc1ccccc1NC(=O)CNC(C)C1CCCC1. The minimum Gasteiger partial charge on any atom is -0.495 e. The fraction of sp³-hybridized carbons (Fsp3) is 0.562. The van der Waals surface area contributed by atoms with Crippen LogP contribution >= 0.6 is 0 Å². The lowest BCUT2D eigenvalue weighted by Gasteiger charge is -2.20. The number of carbonyl (C=O) groups excluding carboxylic acids is 1. The second-order valence-corrected chi connectivity index (χ2v) is 5.46. The molecule has 1 unspecified atom stereocenters. The van der Waals surface area contributed by atoms with Gasteiger partial charge in [0.1, 0.15) is 5.75 Å². The molecule has 0 aliphatic heterocycles. The van der Waals surface area contributed by atoms with Crippen LogP contribution in [0.25, 0.3) is 0 Å². The maximum Gasteiger partial charge on any atom is 0.238 e. The van der Waals surface area contributed by atoms with E-state index in [4.69, 9.17) is 4.74 Å². The molecule has 1 amide bonds. The molecule has 1 aliphatic rings. The van der Waals surface area contributed by atoms with Crippen molar-refractivity contribution in [2.75, 3.05) is 19.0 Å². The van der Waals surface area contributed by atoms with E-state index in [1.54, 1.807) is 7.11 Å². The highest BCUT2D eigenvalue weighted by molar-refractivity contribution is 5.93. The molecule has 2 rings (SSSR count). The Labute approximate surface area is 120 Å². The van der Waals surface area contributed by atoms with Gasteiger partial charge >= 0.3 is 0 Å². The second-order valence-electron chi connectivity index (χ2n) is 5.46. The van der Waals surface area contributed by atoms with E-state index >= 15 is 0 Å². The van der Waals surface area contributed by atoms with E-state index in [2.05, 4.69) is 17.6 Å². The van der Waals surface area contributed by atoms with E-state index in [0.29, 0.717) is 24.3 Å². The lowest BCUT2D eigenvalue weighted by atomic mass is 10.00. The van der Waals surface area contributed by atoms with Crippen molar-refractivity contribution >= 4 is 11.6 Å². The van der Waals surface area contributed by atoms with Crippen LogP contribution in [-0.2, 0) is 4.79 Å². The zero-order valence-electron chi connectivity index (χ0n) is 12.3. The maximum absolute atomic E-state index is 12.0. The van der Waals surface area contributed by atoms with Crippen molar-refractivity contribution in [3.8, 4) is 5.75 Å². The fourth-order valence-corrected chi connectivity index (χ4v) is 2.82. The molecule has 0 bridgehead atoms. The van der Waals surface area contributed by atoms with Crippen LogP contribution in [0.4, 0.5) is 5.69 Å². The summed E-state index contributed by atoms with van der Waals surface area (Å²) >= 11 is 0. The lowest BCUT2D eigenvalue weighted by molar-refractivity contribution is -0.115. The number of para-hydroxylation sites is 2. The van der Waals surface area contributed by atoms with Crippen LogP contribution in [0, 0.1) is 5.92 Å². The first-order valence-electron chi connectivity index (χ1n) is 7.37. The van der Waals surface area contributed by atoms with Crippen molar-refractivity contribution in [1.29, 1.82) is 0 Å². The molecular formula is C16H24N2O2. The van der Waals surface area contributed by atoms with Crippen molar-refractivity contribution in [2.45, 2.75) is 38.6 Å². The molecule has 0 spiro atoms. The van der Waals surface area contributed by atoms with Gasteiger partial charge in [0.15, 0.2) is 0 Å². The van der Waals surface area contributed by atoms with Gasteiger partial charge in [-0.2, -0.15) is 0 Å². The largest absolute Gasteiger partial charge is 0.495 e. The monoisotopic (exact) mass is 276 g/mol. The normalized spacial score (nSPS) is 16.9. The van der Waals surface area contributed by atoms with Crippen LogP contribution in [0.15, 0.2) is 24.3 Å². The van der Waals surface area contributed by atoms with Gasteiger partial charge in [0.25, 0.3) is 0 Å². The number of carbonyl (C=O) groups is 1. The van der Waals surface area contributed by atoms with Crippen molar-refractivity contribution in [3.05, 3.63) is 24.3 Å². The van der Waals surface area contributed by atoms with Gasteiger partial charge in [-0.3, -0.25) is 4.79 Å². The molecular weight excluding hydrogens is 252 g/mol.